The Morgan fingerprint density at radius 1 is 1.60 bits per heavy atom. The molecule has 0 aliphatic carbocycles. The van der Waals surface area contributed by atoms with E-state index in [4.69, 9.17) is 15.6 Å². The molecular formula is C2H4B3. The topological polar surface area (TPSA) is 0 Å². The van der Waals surface area contributed by atoms with Crippen molar-refractivity contribution in [3.8, 4) is 0 Å². The van der Waals surface area contributed by atoms with Crippen LogP contribution in [0.1, 0.15) is 0 Å². The maximum absolute atomic E-state index is 5.03. The second-order valence-corrected chi connectivity index (χ2v) is 0.813. The summed E-state index contributed by atoms with van der Waals surface area (Å²) in [6.07, 6.45) is 1.48. The Balaban J connectivity index is 2.19. The van der Waals surface area contributed by atoms with Gasteiger partial charge >= 0.3 is 0 Å². The molecule has 0 saturated carbocycles. The lowest BCUT2D eigenvalue weighted by Gasteiger charge is -1.77. The van der Waals surface area contributed by atoms with E-state index in [2.05, 4.69) is 0 Å². The van der Waals surface area contributed by atoms with E-state index in [1.54, 1.807) is 7.17 Å². The lowest BCUT2D eigenvalue weighted by molar-refractivity contribution is 1.45. The third-order valence-electron chi connectivity index (χ3n) is 0.333. The van der Waals surface area contributed by atoms with Crippen molar-refractivity contribution in [1.82, 2.24) is 0 Å². The normalized spacial score (nSPS) is 7.20. The smallest absolute Gasteiger partial charge is 0.0643 e. The fraction of sp³-hybridized carbons (Fsp3) is 1.00. The van der Waals surface area contributed by atoms with Crippen molar-refractivity contribution in [3.63, 3.8) is 0 Å². The van der Waals surface area contributed by atoms with Gasteiger partial charge in [0, 0.05) is 7.74 Å². The standard InChI is InChI=1S/C2H4B3/c3-1-2-5-4/h1-2H2. The molecule has 0 saturated heterocycles. The highest BCUT2D eigenvalue weighted by Crippen LogP contribution is 1.75. The molecule has 0 rings (SSSR count). The van der Waals surface area contributed by atoms with E-state index >= 15 is 0 Å². The van der Waals surface area contributed by atoms with Gasteiger partial charge in [0.2, 0.25) is 0 Å². The number of rotatable bonds is 2. The van der Waals surface area contributed by atoms with E-state index in [0.29, 0.717) is 6.32 Å². The molecule has 0 aliphatic heterocycles. The molecular weight excluding hydrogens is 56.5 g/mol. The Morgan fingerprint density at radius 2 is 2.20 bits per heavy atom. The maximum atomic E-state index is 5.03. The summed E-state index contributed by atoms with van der Waals surface area (Å²) in [7, 11) is 11.5. The molecule has 0 nitrogen and oxygen atoms in total. The molecule has 0 aliphatic rings. The molecule has 21 valence electrons. The minimum atomic E-state index is 0.663. The number of hydrogen-bond donors (Lipinski definition) is 0. The second-order valence-electron chi connectivity index (χ2n) is 0.813. The molecule has 0 heterocycles. The lowest BCUT2D eigenvalue weighted by atomic mass is 9.52. The molecule has 0 aromatic rings. The van der Waals surface area contributed by atoms with Gasteiger partial charge in [-0.2, -0.15) is 0 Å². The third kappa shape index (κ3) is 4.19. The minimum absolute atomic E-state index is 0.663. The minimum Gasteiger partial charge on any atom is -0.0970 e. The van der Waals surface area contributed by atoms with Gasteiger partial charge in [0.15, 0.2) is 0 Å². The van der Waals surface area contributed by atoms with Crippen molar-refractivity contribution in [1.29, 1.82) is 0 Å². The first-order valence-corrected chi connectivity index (χ1v) is 1.65. The molecule has 0 fully saturated rings. The van der Waals surface area contributed by atoms with E-state index in [-0.39, 0.29) is 0 Å². The van der Waals surface area contributed by atoms with Crippen molar-refractivity contribution in [2.45, 2.75) is 12.6 Å². The zero-order chi connectivity index (χ0) is 4.12. The summed E-state index contributed by atoms with van der Waals surface area (Å²) in [5.74, 6) is 0. The van der Waals surface area contributed by atoms with E-state index < -0.39 is 0 Å². The highest BCUT2D eigenvalue weighted by molar-refractivity contribution is 6.89. The first kappa shape index (κ1) is 5.19. The molecule has 0 N–H and O–H groups in total. The highest BCUT2D eigenvalue weighted by Gasteiger charge is 1.70. The quantitative estimate of drug-likeness (QED) is 0.387. The molecule has 0 amide bonds. The zero-order valence-electron chi connectivity index (χ0n) is 3.15. The van der Waals surface area contributed by atoms with Crippen LogP contribution >= 0.6 is 0 Å². The predicted octanol–water partition coefficient (Wildman–Crippen LogP) is -0.221. The molecule has 5 heavy (non-hydrogen) atoms. The Hall–Kier alpha value is 0.195. The average Bonchev–Trinajstić information content (AvgIpc) is 1.41. The average molecular weight is 60.5 g/mol. The Morgan fingerprint density at radius 3 is 2.20 bits per heavy atom. The first-order valence-electron chi connectivity index (χ1n) is 1.65. The van der Waals surface area contributed by atoms with Crippen molar-refractivity contribution in [3.05, 3.63) is 0 Å². The van der Waals surface area contributed by atoms with Gasteiger partial charge in [0.1, 0.15) is 0 Å². The summed E-state index contributed by atoms with van der Waals surface area (Å²) in [4.78, 5) is 0. The van der Waals surface area contributed by atoms with Gasteiger partial charge in [0.05, 0.1) is 15.0 Å². The predicted molar refractivity (Wildman–Crippen MR) is 26.9 cm³/mol. The molecule has 5 radical (unpaired) electrons. The lowest BCUT2D eigenvalue weighted by Crippen LogP contribution is -1.83. The molecule has 0 aromatic carbocycles. The summed E-state index contributed by atoms with van der Waals surface area (Å²) < 4.78 is 0. The van der Waals surface area contributed by atoms with Gasteiger partial charge < -0.3 is 0 Å². The van der Waals surface area contributed by atoms with Crippen molar-refractivity contribution >= 4 is 22.8 Å². The van der Waals surface area contributed by atoms with Crippen LogP contribution in [0.2, 0.25) is 12.6 Å². The molecule has 0 bridgehead atoms. The van der Waals surface area contributed by atoms with Gasteiger partial charge in [-0.05, 0) is 0 Å². The van der Waals surface area contributed by atoms with Crippen LogP contribution in [0, 0.1) is 0 Å². The van der Waals surface area contributed by atoms with Crippen LogP contribution in [0.3, 0.4) is 0 Å². The van der Waals surface area contributed by atoms with E-state index in [0.717, 1.165) is 6.32 Å². The summed E-state index contributed by atoms with van der Waals surface area (Å²) >= 11 is 0. The maximum Gasteiger partial charge on any atom is 0.0643 e. The Labute approximate surface area is 36.4 Å². The van der Waals surface area contributed by atoms with Crippen LogP contribution in [0.15, 0.2) is 0 Å². The fourth-order valence-corrected chi connectivity index (χ4v) is 0.0962. The van der Waals surface area contributed by atoms with E-state index in [1.165, 1.54) is 0 Å². The first-order chi connectivity index (χ1) is 2.41. The largest absolute Gasteiger partial charge is 0.0970 e. The fourth-order valence-electron chi connectivity index (χ4n) is 0.0962. The van der Waals surface area contributed by atoms with Crippen molar-refractivity contribution in [2.75, 3.05) is 0 Å². The highest BCUT2D eigenvalue weighted by atomic mass is 13.4. The summed E-state index contributed by atoms with van der Waals surface area (Å²) in [5, 5.41) is 0. The second kappa shape index (κ2) is 4.19. The Bertz CT molecular complexity index is 12.4. The third-order valence-corrected chi connectivity index (χ3v) is 0.333. The van der Waals surface area contributed by atoms with Crippen LogP contribution in [-0.2, 0) is 0 Å². The van der Waals surface area contributed by atoms with Crippen molar-refractivity contribution in [2.24, 2.45) is 0 Å². The van der Waals surface area contributed by atoms with Gasteiger partial charge in [-0.25, -0.2) is 0 Å². The molecule has 0 atom stereocenters. The number of hydrogen-bond acceptors (Lipinski definition) is 0. The summed E-state index contributed by atoms with van der Waals surface area (Å²) in [6, 6.07) is 0. The van der Waals surface area contributed by atoms with Crippen molar-refractivity contribution < 1.29 is 0 Å². The van der Waals surface area contributed by atoms with E-state index in [9.17, 15) is 0 Å². The monoisotopic (exact) mass is 61.1 g/mol. The summed E-state index contributed by atoms with van der Waals surface area (Å²) in [6.45, 7) is 0. The van der Waals surface area contributed by atoms with Gasteiger partial charge in [-0.3, -0.25) is 0 Å². The van der Waals surface area contributed by atoms with Crippen LogP contribution in [0.25, 0.3) is 0 Å². The van der Waals surface area contributed by atoms with Crippen LogP contribution in [0.5, 0.6) is 0 Å². The van der Waals surface area contributed by atoms with Crippen LogP contribution in [0.4, 0.5) is 0 Å². The van der Waals surface area contributed by atoms with Crippen LogP contribution < -0.4 is 0 Å². The Kier molecular flexibility index (Phi) is 4.36. The summed E-state index contributed by atoms with van der Waals surface area (Å²) in [5.41, 5.74) is 0. The van der Waals surface area contributed by atoms with Crippen LogP contribution in [-0.4, -0.2) is 22.8 Å². The molecule has 0 unspecified atom stereocenters. The molecule has 0 aromatic heterocycles. The SMILES string of the molecule is [B][B]CC[B]. The van der Waals surface area contributed by atoms with Gasteiger partial charge in [-0.1, -0.05) is 12.6 Å². The van der Waals surface area contributed by atoms with Gasteiger partial charge in [-0.15, -0.1) is 0 Å². The van der Waals surface area contributed by atoms with Gasteiger partial charge in [0.25, 0.3) is 0 Å². The van der Waals surface area contributed by atoms with E-state index in [1.807, 2.05) is 0 Å². The molecule has 0 spiro atoms. The molecule has 3 heteroatoms. The zero-order valence-corrected chi connectivity index (χ0v) is 3.15.